The van der Waals surface area contributed by atoms with E-state index in [0.717, 1.165) is 0 Å². The lowest BCUT2D eigenvalue weighted by Gasteiger charge is -2.26. The van der Waals surface area contributed by atoms with Crippen molar-refractivity contribution in [2.45, 2.75) is 37.1 Å². The fourth-order valence-corrected chi connectivity index (χ4v) is 3.00. The lowest BCUT2D eigenvalue weighted by molar-refractivity contribution is 0.0827. The van der Waals surface area contributed by atoms with E-state index in [0.29, 0.717) is 18.4 Å². The van der Waals surface area contributed by atoms with Crippen LogP contribution in [0, 0.1) is 0 Å². The molecule has 124 valence electrons. The van der Waals surface area contributed by atoms with E-state index < -0.39 is 15.6 Å². The van der Waals surface area contributed by atoms with E-state index in [-0.39, 0.29) is 17.3 Å². The summed E-state index contributed by atoms with van der Waals surface area (Å²) in [7, 11) is -0.344. The quantitative estimate of drug-likeness (QED) is 0.786. The summed E-state index contributed by atoms with van der Waals surface area (Å²) in [4.78, 5) is 13.3. The zero-order valence-electron chi connectivity index (χ0n) is 13.6. The molecule has 1 aromatic carbocycles. The van der Waals surface area contributed by atoms with Gasteiger partial charge in [-0.15, -0.1) is 0 Å². The maximum atomic E-state index is 12.3. The smallest absolute Gasteiger partial charge is 0.253 e. The minimum Gasteiger partial charge on any atom is -0.345 e. The average Bonchev–Trinajstić information content (AvgIpc) is 2.52. The molecule has 6 nitrogen and oxygen atoms in total. The van der Waals surface area contributed by atoms with Crippen molar-refractivity contribution in [2.75, 3.05) is 20.6 Å². The average molecular weight is 327 g/mol. The molecular weight excluding hydrogens is 302 g/mol. The molecule has 0 aromatic heterocycles. The highest BCUT2D eigenvalue weighted by molar-refractivity contribution is 7.89. The Bertz CT molecular complexity index is 605. The lowest BCUT2D eigenvalue weighted by Crippen LogP contribution is -2.49. The van der Waals surface area contributed by atoms with E-state index in [2.05, 4.69) is 4.72 Å². The van der Waals surface area contributed by atoms with Crippen molar-refractivity contribution < 1.29 is 13.2 Å². The number of nitrogens with zero attached hydrogens (tertiary/aromatic N) is 1. The van der Waals surface area contributed by atoms with Crippen LogP contribution in [0.15, 0.2) is 29.2 Å². The van der Waals surface area contributed by atoms with Gasteiger partial charge in [0, 0.05) is 31.7 Å². The maximum absolute atomic E-state index is 12.3. The molecule has 0 aliphatic carbocycles. The molecule has 0 atom stereocenters. The Morgan fingerprint density at radius 1 is 1.18 bits per heavy atom. The normalized spacial score (nSPS) is 12.2. The number of carbonyl (C=O) groups excluding carboxylic acids is 1. The monoisotopic (exact) mass is 327 g/mol. The zero-order chi connectivity index (χ0) is 17.0. The summed E-state index contributed by atoms with van der Waals surface area (Å²) >= 11 is 0. The van der Waals surface area contributed by atoms with Gasteiger partial charge >= 0.3 is 0 Å². The summed E-state index contributed by atoms with van der Waals surface area (Å²) in [5.41, 5.74) is 6.00. The van der Waals surface area contributed by atoms with Gasteiger partial charge in [-0.3, -0.25) is 4.79 Å². The van der Waals surface area contributed by atoms with Crippen LogP contribution in [0.2, 0.25) is 0 Å². The molecule has 0 spiro atoms. The first-order valence-electron chi connectivity index (χ1n) is 7.25. The summed E-state index contributed by atoms with van der Waals surface area (Å²) in [6.45, 7) is 4.04. The molecule has 22 heavy (non-hydrogen) atoms. The summed E-state index contributed by atoms with van der Waals surface area (Å²) in [6, 6.07) is 5.86. The van der Waals surface area contributed by atoms with Gasteiger partial charge in [-0.25, -0.2) is 13.1 Å². The first-order chi connectivity index (χ1) is 10.1. The molecule has 0 unspecified atom stereocenters. The topological polar surface area (TPSA) is 92.5 Å². The molecule has 0 fully saturated rings. The Hall–Kier alpha value is -1.44. The van der Waals surface area contributed by atoms with Crippen molar-refractivity contribution in [3.05, 3.63) is 29.8 Å². The molecule has 0 saturated carbocycles. The summed E-state index contributed by atoms with van der Waals surface area (Å²) < 4.78 is 27.1. The van der Waals surface area contributed by atoms with Gasteiger partial charge < -0.3 is 10.6 Å². The van der Waals surface area contributed by atoms with Gasteiger partial charge in [0.1, 0.15) is 0 Å². The lowest BCUT2D eigenvalue weighted by atomic mass is 9.95. The number of hydrogen-bond donors (Lipinski definition) is 2. The number of benzene rings is 1. The molecule has 1 aromatic rings. The minimum absolute atomic E-state index is 0.123. The van der Waals surface area contributed by atoms with Crippen LogP contribution in [0.25, 0.3) is 0 Å². The van der Waals surface area contributed by atoms with Crippen molar-refractivity contribution in [2.24, 2.45) is 5.73 Å². The third-order valence-electron chi connectivity index (χ3n) is 3.84. The van der Waals surface area contributed by atoms with Crippen LogP contribution in [0.5, 0.6) is 0 Å². The SMILES string of the molecule is CCC(N)(CC)CNS(=O)(=O)c1ccc(C(=O)N(C)C)cc1. The Morgan fingerprint density at radius 3 is 2.09 bits per heavy atom. The number of amides is 1. The molecule has 0 heterocycles. The van der Waals surface area contributed by atoms with Crippen LogP contribution < -0.4 is 10.5 Å². The summed E-state index contributed by atoms with van der Waals surface area (Å²) in [5, 5.41) is 0. The minimum atomic E-state index is -3.63. The highest BCUT2D eigenvalue weighted by atomic mass is 32.2. The fraction of sp³-hybridized carbons (Fsp3) is 0.533. The van der Waals surface area contributed by atoms with Crippen LogP contribution in [0.3, 0.4) is 0 Å². The highest BCUT2D eigenvalue weighted by Crippen LogP contribution is 2.14. The molecule has 0 radical (unpaired) electrons. The molecule has 0 saturated heterocycles. The predicted octanol–water partition coefficient (Wildman–Crippen LogP) is 1.18. The number of sulfonamides is 1. The Kier molecular flexibility index (Phi) is 6.10. The summed E-state index contributed by atoms with van der Waals surface area (Å²) in [6.07, 6.45) is 1.37. The second-order valence-corrected chi connectivity index (χ2v) is 7.38. The fourth-order valence-electron chi connectivity index (χ4n) is 1.86. The van der Waals surface area contributed by atoms with Crippen molar-refractivity contribution in [1.82, 2.24) is 9.62 Å². The van der Waals surface area contributed by atoms with Crippen molar-refractivity contribution in [3.63, 3.8) is 0 Å². The molecule has 3 N–H and O–H groups in total. The molecule has 7 heteroatoms. The number of nitrogens with two attached hydrogens (primary N) is 1. The van der Waals surface area contributed by atoms with Gasteiger partial charge in [0.25, 0.3) is 5.91 Å². The van der Waals surface area contributed by atoms with E-state index in [1.807, 2.05) is 13.8 Å². The summed E-state index contributed by atoms with van der Waals surface area (Å²) in [5.74, 6) is -0.171. The van der Waals surface area contributed by atoms with Crippen LogP contribution in [0.1, 0.15) is 37.0 Å². The predicted molar refractivity (Wildman–Crippen MR) is 87.1 cm³/mol. The molecule has 0 aliphatic heterocycles. The Morgan fingerprint density at radius 2 is 1.68 bits per heavy atom. The number of carbonyl (C=O) groups is 1. The second kappa shape index (κ2) is 7.21. The third-order valence-corrected chi connectivity index (χ3v) is 5.26. The van der Waals surface area contributed by atoms with Crippen molar-refractivity contribution in [1.29, 1.82) is 0 Å². The van der Waals surface area contributed by atoms with Crippen molar-refractivity contribution in [3.8, 4) is 0 Å². The van der Waals surface area contributed by atoms with E-state index in [1.54, 1.807) is 14.1 Å². The van der Waals surface area contributed by atoms with E-state index >= 15 is 0 Å². The van der Waals surface area contributed by atoms with E-state index in [1.165, 1.54) is 29.2 Å². The van der Waals surface area contributed by atoms with Gasteiger partial charge in [-0.2, -0.15) is 0 Å². The largest absolute Gasteiger partial charge is 0.345 e. The van der Waals surface area contributed by atoms with Crippen LogP contribution >= 0.6 is 0 Å². The first kappa shape index (κ1) is 18.6. The molecule has 0 aliphatic rings. The molecule has 1 amide bonds. The Labute approximate surface area is 132 Å². The van der Waals surface area contributed by atoms with Crippen LogP contribution in [-0.2, 0) is 10.0 Å². The van der Waals surface area contributed by atoms with Crippen molar-refractivity contribution >= 4 is 15.9 Å². The van der Waals surface area contributed by atoms with Gasteiger partial charge in [-0.05, 0) is 37.1 Å². The standard InChI is InChI=1S/C15H25N3O3S/c1-5-15(16,6-2)11-17-22(20,21)13-9-7-12(8-10-13)14(19)18(3)4/h7-10,17H,5-6,11,16H2,1-4H3. The van der Waals surface area contributed by atoms with E-state index in [9.17, 15) is 13.2 Å². The molecular formula is C15H25N3O3S. The first-order valence-corrected chi connectivity index (χ1v) is 8.74. The number of rotatable bonds is 7. The number of hydrogen-bond acceptors (Lipinski definition) is 4. The van der Waals surface area contributed by atoms with Gasteiger partial charge in [0.05, 0.1) is 4.90 Å². The Balaban J connectivity index is 2.88. The second-order valence-electron chi connectivity index (χ2n) is 5.62. The molecule has 1 rings (SSSR count). The van der Waals surface area contributed by atoms with Gasteiger partial charge in [0.15, 0.2) is 0 Å². The molecule has 0 bridgehead atoms. The van der Waals surface area contributed by atoms with Gasteiger partial charge in [0.2, 0.25) is 10.0 Å². The van der Waals surface area contributed by atoms with Crippen LogP contribution in [-0.4, -0.2) is 45.4 Å². The maximum Gasteiger partial charge on any atom is 0.253 e. The third kappa shape index (κ3) is 4.53. The van der Waals surface area contributed by atoms with Gasteiger partial charge in [-0.1, -0.05) is 13.8 Å². The van der Waals surface area contributed by atoms with Crippen LogP contribution in [0.4, 0.5) is 0 Å². The van der Waals surface area contributed by atoms with E-state index in [4.69, 9.17) is 5.73 Å². The zero-order valence-corrected chi connectivity index (χ0v) is 14.4. The highest BCUT2D eigenvalue weighted by Gasteiger charge is 2.24. The number of nitrogens with one attached hydrogen (secondary N) is 1.